The molecule has 66 valence electrons. The number of aliphatic carboxylic acids is 1. The second kappa shape index (κ2) is 4.56. The Kier molecular flexibility index (Phi) is 4.07. The van der Waals surface area contributed by atoms with Crippen molar-refractivity contribution in [1.29, 1.82) is 0 Å². The van der Waals surface area contributed by atoms with Gasteiger partial charge in [0.05, 0.1) is 5.69 Å². The Hall–Kier alpha value is -1.29. The van der Waals surface area contributed by atoms with Crippen molar-refractivity contribution in [3.63, 3.8) is 0 Å². The van der Waals surface area contributed by atoms with Crippen LogP contribution in [0.3, 0.4) is 0 Å². The summed E-state index contributed by atoms with van der Waals surface area (Å²) in [6.07, 6.45) is 3.23. The molecule has 0 aliphatic carbocycles. The SMILES string of the molecule is Nc1ccc[n+](CC(=O)O)c1.[Cl-]. The molecule has 0 aliphatic rings. The summed E-state index contributed by atoms with van der Waals surface area (Å²) in [5.74, 6) is -0.874. The minimum Gasteiger partial charge on any atom is -1.00 e. The first kappa shape index (κ1) is 10.7. The van der Waals surface area contributed by atoms with Crippen LogP contribution in [0.4, 0.5) is 5.69 Å². The van der Waals surface area contributed by atoms with Gasteiger partial charge in [-0.3, -0.25) is 0 Å². The zero-order valence-corrected chi connectivity index (χ0v) is 7.03. The summed E-state index contributed by atoms with van der Waals surface area (Å²) in [4.78, 5) is 10.2. The van der Waals surface area contributed by atoms with Gasteiger partial charge in [0, 0.05) is 6.07 Å². The minimum atomic E-state index is -0.874. The summed E-state index contributed by atoms with van der Waals surface area (Å²) in [5, 5.41) is 8.40. The molecular formula is C7H9ClN2O2. The molecule has 0 amide bonds. The standard InChI is InChI=1S/C7H8N2O2.ClH/c8-6-2-1-3-9(4-6)5-7(10)11;/h1-4H,5,8H2;1H. The van der Waals surface area contributed by atoms with Crippen LogP contribution >= 0.6 is 0 Å². The Morgan fingerprint density at radius 3 is 2.83 bits per heavy atom. The highest BCUT2D eigenvalue weighted by Gasteiger charge is 2.05. The number of halogens is 1. The van der Waals surface area contributed by atoms with Crippen molar-refractivity contribution in [1.82, 2.24) is 0 Å². The van der Waals surface area contributed by atoms with Gasteiger partial charge in [-0.25, -0.2) is 4.79 Å². The van der Waals surface area contributed by atoms with E-state index in [-0.39, 0.29) is 19.0 Å². The third kappa shape index (κ3) is 3.21. The predicted octanol–water partition coefficient (Wildman–Crippen LogP) is -3.36. The highest BCUT2D eigenvalue weighted by Crippen LogP contribution is 1.92. The molecule has 1 aromatic heterocycles. The number of pyridine rings is 1. The molecular weight excluding hydrogens is 180 g/mol. The Balaban J connectivity index is 0.00000121. The molecule has 0 aliphatic heterocycles. The van der Waals surface area contributed by atoms with Gasteiger partial charge in [0.2, 0.25) is 6.54 Å². The largest absolute Gasteiger partial charge is 1.00 e. The van der Waals surface area contributed by atoms with E-state index < -0.39 is 5.97 Å². The molecule has 0 radical (unpaired) electrons. The molecule has 0 aromatic carbocycles. The number of hydrogen-bond donors (Lipinski definition) is 2. The van der Waals surface area contributed by atoms with Crippen LogP contribution in [0.25, 0.3) is 0 Å². The van der Waals surface area contributed by atoms with E-state index in [2.05, 4.69) is 0 Å². The smallest absolute Gasteiger partial charge is 0.370 e. The normalized spacial score (nSPS) is 8.67. The highest BCUT2D eigenvalue weighted by atomic mass is 35.5. The van der Waals surface area contributed by atoms with E-state index >= 15 is 0 Å². The number of hydrogen-bond acceptors (Lipinski definition) is 2. The van der Waals surface area contributed by atoms with Gasteiger partial charge in [0.1, 0.15) is 0 Å². The van der Waals surface area contributed by atoms with Gasteiger partial charge in [-0.05, 0) is 6.07 Å². The second-order valence-corrected chi connectivity index (χ2v) is 2.20. The van der Waals surface area contributed by atoms with Gasteiger partial charge in [-0.2, -0.15) is 4.57 Å². The van der Waals surface area contributed by atoms with Crippen LogP contribution in [0.15, 0.2) is 24.5 Å². The van der Waals surface area contributed by atoms with E-state index in [0.29, 0.717) is 5.69 Å². The van der Waals surface area contributed by atoms with E-state index in [1.54, 1.807) is 24.5 Å². The van der Waals surface area contributed by atoms with Crippen molar-refractivity contribution in [2.75, 3.05) is 5.73 Å². The monoisotopic (exact) mass is 188 g/mol. The average molecular weight is 189 g/mol. The maximum Gasteiger partial charge on any atom is 0.370 e. The topological polar surface area (TPSA) is 67.2 Å². The molecule has 0 bridgehead atoms. The third-order valence-corrected chi connectivity index (χ3v) is 1.20. The summed E-state index contributed by atoms with van der Waals surface area (Å²) < 4.78 is 1.51. The zero-order chi connectivity index (χ0) is 8.27. The lowest BCUT2D eigenvalue weighted by molar-refractivity contribution is -0.685. The van der Waals surface area contributed by atoms with Crippen molar-refractivity contribution in [3.8, 4) is 0 Å². The van der Waals surface area contributed by atoms with Crippen molar-refractivity contribution in [2.45, 2.75) is 6.54 Å². The summed E-state index contributed by atoms with van der Waals surface area (Å²) in [5.41, 5.74) is 5.98. The van der Waals surface area contributed by atoms with Crippen LogP contribution in [0, 0.1) is 0 Å². The number of anilines is 1. The van der Waals surface area contributed by atoms with Crippen LogP contribution < -0.4 is 22.7 Å². The van der Waals surface area contributed by atoms with Crippen molar-refractivity contribution in [2.24, 2.45) is 0 Å². The number of carboxylic acid groups (broad SMARTS) is 1. The van der Waals surface area contributed by atoms with E-state index in [9.17, 15) is 4.79 Å². The van der Waals surface area contributed by atoms with Crippen LogP contribution in [-0.2, 0) is 11.3 Å². The van der Waals surface area contributed by atoms with Crippen molar-refractivity contribution < 1.29 is 26.9 Å². The van der Waals surface area contributed by atoms with E-state index in [1.165, 1.54) is 4.57 Å². The number of nitrogen functional groups attached to an aromatic ring is 1. The number of nitrogens with zero attached hydrogens (tertiary/aromatic N) is 1. The van der Waals surface area contributed by atoms with Crippen LogP contribution in [-0.4, -0.2) is 11.1 Å². The first-order chi connectivity index (χ1) is 5.18. The summed E-state index contributed by atoms with van der Waals surface area (Å²) in [7, 11) is 0. The van der Waals surface area contributed by atoms with Gasteiger partial charge in [0.25, 0.3) is 0 Å². The van der Waals surface area contributed by atoms with Gasteiger partial charge in [-0.15, -0.1) is 0 Å². The van der Waals surface area contributed by atoms with Crippen LogP contribution in [0.1, 0.15) is 0 Å². The van der Waals surface area contributed by atoms with Crippen LogP contribution in [0.2, 0.25) is 0 Å². The molecule has 5 heteroatoms. The molecule has 0 atom stereocenters. The summed E-state index contributed by atoms with van der Waals surface area (Å²) in [6, 6.07) is 3.41. The number of carbonyl (C=O) groups is 1. The number of rotatable bonds is 2. The van der Waals surface area contributed by atoms with E-state index in [0.717, 1.165) is 0 Å². The molecule has 0 saturated carbocycles. The van der Waals surface area contributed by atoms with Gasteiger partial charge in [-0.1, -0.05) is 0 Å². The number of aromatic nitrogens is 1. The minimum absolute atomic E-state index is 0. The Morgan fingerprint density at radius 1 is 1.67 bits per heavy atom. The molecule has 1 rings (SSSR count). The number of carboxylic acids is 1. The number of nitrogens with two attached hydrogens (primary N) is 1. The molecule has 3 N–H and O–H groups in total. The van der Waals surface area contributed by atoms with Gasteiger partial charge < -0.3 is 23.2 Å². The molecule has 12 heavy (non-hydrogen) atoms. The quantitative estimate of drug-likeness (QED) is 0.477. The van der Waals surface area contributed by atoms with Crippen LogP contribution in [0.5, 0.6) is 0 Å². The lowest BCUT2D eigenvalue weighted by Gasteiger charge is -1.91. The zero-order valence-electron chi connectivity index (χ0n) is 6.27. The predicted molar refractivity (Wildman–Crippen MR) is 38.7 cm³/mol. The first-order valence-corrected chi connectivity index (χ1v) is 3.15. The second-order valence-electron chi connectivity index (χ2n) is 2.20. The Bertz CT molecular complexity index is 278. The molecule has 0 fully saturated rings. The summed E-state index contributed by atoms with van der Waals surface area (Å²) in [6.45, 7) is -0.0506. The Morgan fingerprint density at radius 2 is 2.33 bits per heavy atom. The lowest BCUT2D eigenvalue weighted by atomic mass is 10.4. The molecule has 0 spiro atoms. The van der Waals surface area contributed by atoms with E-state index in [4.69, 9.17) is 10.8 Å². The fourth-order valence-corrected chi connectivity index (χ4v) is 0.797. The molecule has 4 nitrogen and oxygen atoms in total. The first-order valence-electron chi connectivity index (χ1n) is 3.15. The van der Waals surface area contributed by atoms with Crippen molar-refractivity contribution in [3.05, 3.63) is 24.5 Å². The molecule has 0 unspecified atom stereocenters. The summed E-state index contributed by atoms with van der Waals surface area (Å²) >= 11 is 0. The molecule has 1 aromatic rings. The highest BCUT2D eigenvalue weighted by molar-refractivity contribution is 5.64. The van der Waals surface area contributed by atoms with Gasteiger partial charge >= 0.3 is 5.97 Å². The van der Waals surface area contributed by atoms with E-state index in [1.807, 2.05) is 0 Å². The van der Waals surface area contributed by atoms with Crippen molar-refractivity contribution >= 4 is 11.7 Å². The maximum atomic E-state index is 10.2. The average Bonchev–Trinajstić information content (AvgIpc) is 1.85. The lowest BCUT2D eigenvalue weighted by Crippen LogP contribution is -3.00. The molecule has 1 heterocycles. The fourth-order valence-electron chi connectivity index (χ4n) is 0.797. The Labute approximate surface area is 76.0 Å². The van der Waals surface area contributed by atoms with Gasteiger partial charge in [0.15, 0.2) is 12.4 Å². The maximum absolute atomic E-state index is 10.2. The third-order valence-electron chi connectivity index (χ3n) is 1.20. The molecule has 0 saturated heterocycles. The fraction of sp³-hybridized carbons (Fsp3) is 0.143.